The number of anilines is 1. The molecule has 0 spiro atoms. The summed E-state index contributed by atoms with van der Waals surface area (Å²) in [7, 11) is 3.10. The molecular formula is C17H14Cl3NO3. The second-order valence-electron chi connectivity index (χ2n) is 4.68. The molecule has 0 heterocycles. The minimum absolute atomic E-state index is 0.264. The third-order valence-corrected chi connectivity index (χ3v) is 3.90. The number of hydrogen-bond acceptors (Lipinski definition) is 3. The summed E-state index contributed by atoms with van der Waals surface area (Å²) in [6, 6.07) is 8.31. The number of halogens is 3. The van der Waals surface area contributed by atoms with E-state index >= 15 is 0 Å². The quantitative estimate of drug-likeness (QED) is 0.708. The Morgan fingerprint density at radius 1 is 1.00 bits per heavy atom. The Balaban J connectivity index is 2.14. The molecule has 0 saturated heterocycles. The zero-order valence-corrected chi connectivity index (χ0v) is 15.2. The van der Waals surface area contributed by atoms with Gasteiger partial charge in [-0.1, -0.05) is 40.9 Å². The van der Waals surface area contributed by atoms with E-state index in [0.29, 0.717) is 22.2 Å². The third-order valence-electron chi connectivity index (χ3n) is 3.09. The summed E-state index contributed by atoms with van der Waals surface area (Å²) in [5.74, 6) is 0.804. The fraction of sp³-hybridized carbons (Fsp3) is 0.118. The summed E-state index contributed by atoms with van der Waals surface area (Å²) >= 11 is 17.9. The molecule has 0 unspecified atom stereocenters. The van der Waals surface area contributed by atoms with Gasteiger partial charge in [-0.2, -0.15) is 0 Å². The van der Waals surface area contributed by atoms with Crippen molar-refractivity contribution in [3.63, 3.8) is 0 Å². The molecule has 0 aliphatic carbocycles. The maximum absolute atomic E-state index is 12.0. The molecule has 0 aromatic heterocycles. The molecule has 0 bridgehead atoms. The van der Waals surface area contributed by atoms with Crippen LogP contribution in [0, 0.1) is 0 Å². The lowest BCUT2D eigenvalue weighted by atomic mass is 10.2. The maximum Gasteiger partial charge on any atom is 0.248 e. The van der Waals surface area contributed by atoms with Gasteiger partial charge in [-0.3, -0.25) is 4.79 Å². The SMILES string of the molecule is COc1ccc(/C=C/C(=O)Nc2c(Cl)cc(Cl)cc2Cl)cc1OC. The first-order valence-corrected chi connectivity index (χ1v) is 7.93. The Morgan fingerprint density at radius 2 is 1.62 bits per heavy atom. The van der Waals surface area contributed by atoms with Gasteiger partial charge in [-0.25, -0.2) is 0 Å². The zero-order valence-electron chi connectivity index (χ0n) is 12.9. The van der Waals surface area contributed by atoms with Crippen LogP contribution in [0.4, 0.5) is 5.69 Å². The van der Waals surface area contributed by atoms with Gasteiger partial charge < -0.3 is 14.8 Å². The van der Waals surface area contributed by atoms with Crippen LogP contribution in [0.3, 0.4) is 0 Å². The fourth-order valence-electron chi connectivity index (χ4n) is 1.95. The van der Waals surface area contributed by atoms with E-state index in [9.17, 15) is 4.79 Å². The molecule has 24 heavy (non-hydrogen) atoms. The van der Waals surface area contributed by atoms with Crippen LogP contribution in [0.15, 0.2) is 36.4 Å². The van der Waals surface area contributed by atoms with Crippen LogP contribution in [0.2, 0.25) is 15.1 Å². The fourth-order valence-corrected chi connectivity index (χ4v) is 2.87. The first-order chi connectivity index (χ1) is 11.4. The zero-order chi connectivity index (χ0) is 17.7. The highest BCUT2D eigenvalue weighted by Crippen LogP contribution is 2.33. The molecule has 0 saturated carbocycles. The number of rotatable bonds is 5. The third kappa shape index (κ3) is 4.57. The normalized spacial score (nSPS) is 10.7. The van der Waals surface area contributed by atoms with Crippen LogP contribution in [-0.2, 0) is 4.79 Å². The monoisotopic (exact) mass is 385 g/mol. The van der Waals surface area contributed by atoms with E-state index < -0.39 is 0 Å². The molecule has 2 aromatic carbocycles. The van der Waals surface area contributed by atoms with E-state index in [2.05, 4.69) is 5.32 Å². The van der Waals surface area contributed by atoms with Gasteiger partial charge in [0.15, 0.2) is 11.5 Å². The second-order valence-corrected chi connectivity index (χ2v) is 5.93. The first kappa shape index (κ1) is 18.5. The summed E-state index contributed by atoms with van der Waals surface area (Å²) in [4.78, 5) is 12.0. The lowest BCUT2D eigenvalue weighted by molar-refractivity contribution is -0.111. The van der Waals surface area contributed by atoms with E-state index in [1.807, 2.05) is 0 Å². The first-order valence-electron chi connectivity index (χ1n) is 6.80. The van der Waals surface area contributed by atoms with Crippen molar-refractivity contribution in [3.8, 4) is 11.5 Å². The van der Waals surface area contributed by atoms with Gasteiger partial charge in [0.1, 0.15) is 0 Å². The Hall–Kier alpha value is -1.88. The van der Waals surface area contributed by atoms with Crippen molar-refractivity contribution in [2.45, 2.75) is 0 Å². The number of carbonyl (C=O) groups is 1. The van der Waals surface area contributed by atoms with Crippen LogP contribution >= 0.6 is 34.8 Å². The van der Waals surface area contributed by atoms with Crippen molar-refractivity contribution < 1.29 is 14.3 Å². The highest BCUT2D eigenvalue weighted by Gasteiger charge is 2.10. The van der Waals surface area contributed by atoms with Crippen molar-refractivity contribution in [2.75, 3.05) is 19.5 Å². The topological polar surface area (TPSA) is 47.6 Å². The lowest BCUT2D eigenvalue weighted by Gasteiger charge is -2.08. The smallest absolute Gasteiger partial charge is 0.248 e. The summed E-state index contributed by atoms with van der Waals surface area (Å²) in [6.07, 6.45) is 3.00. The summed E-state index contributed by atoms with van der Waals surface area (Å²) in [6.45, 7) is 0. The summed E-state index contributed by atoms with van der Waals surface area (Å²) in [5, 5.41) is 3.54. The highest BCUT2D eigenvalue weighted by molar-refractivity contribution is 6.42. The lowest BCUT2D eigenvalue weighted by Crippen LogP contribution is -2.08. The van der Waals surface area contributed by atoms with Crippen molar-refractivity contribution in [3.05, 3.63) is 57.0 Å². The number of hydrogen-bond donors (Lipinski definition) is 1. The minimum atomic E-state index is -0.379. The van der Waals surface area contributed by atoms with E-state index in [-0.39, 0.29) is 16.0 Å². The molecule has 1 amide bonds. The average molecular weight is 387 g/mol. The molecule has 7 heteroatoms. The molecule has 126 valence electrons. The summed E-state index contributed by atoms with van der Waals surface area (Å²) < 4.78 is 10.4. The molecular weight excluding hydrogens is 373 g/mol. The largest absolute Gasteiger partial charge is 0.493 e. The van der Waals surface area contributed by atoms with Crippen LogP contribution in [0.1, 0.15) is 5.56 Å². The molecule has 2 aromatic rings. The Labute approximate surface area is 154 Å². The van der Waals surface area contributed by atoms with Gasteiger partial charge in [0.2, 0.25) is 5.91 Å². The highest BCUT2D eigenvalue weighted by atomic mass is 35.5. The van der Waals surface area contributed by atoms with Crippen LogP contribution in [0.5, 0.6) is 11.5 Å². The molecule has 2 rings (SSSR count). The Kier molecular flexibility index (Phi) is 6.37. The van der Waals surface area contributed by atoms with Crippen LogP contribution < -0.4 is 14.8 Å². The van der Waals surface area contributed by atoms with Gasteiger partial charge in [0.05, 0.1) is 30.0 Å². The average Bonchev–Trinajstić information content (AvgIpc) is 2.55. The maximum atomic E-state index is 12.0. The molecule has 0 radical (unpaired) electrons. The van der Waals surface area contributed by atoms with Gasteiger partial charge in [-0.05, 0) is 35.9 Å². The molecule has 0 aliphatic heterocycles. The second kappa shape index (κ2) is 8.29. The minimum Gasteiger partial charge on any atom is -0.493 e. The number of methoxy groups -OCH3 is 2. The molecule has 1 N–H and O–H groups in total. The van der Waals surface area contributed by atoms with E-state index in [0.717, 1.165) is 5.56 Å². The predicted octanol–water partition coefficient (Wildman–Crippen LogP) is 5.32. The van der Waals surface area contributed by atoms with E-state index in [4.69, 9.17) is 44.3 Å². The van der Waals surface area contributed by atoms with Gasteiger partial charge in [0, 0.05) is 11.1 Å². The van der Waals surface area contributed by atoms with E-state index in [1.54, 1.807) is 38.5 Å². The Bertz CT molecular complexity index is 768. The number of ether oxygens (including phenoxy) is 2. The summed E-state index contributed by atoms with van der Waals surface area (Å²) in [5.41, 5.74) is 1.08. The number of carbonyl (C=O) groups excluding carboxylic acids is 1. The van der Waals surface area contributed by atoms with Gasteiger partial charge >= 0.3 is 0 Å². The van der Waals surface area contributed by atoms with Crippen LogP contribution in [-0.4, -0.2) is 20.1 Å². The van der Waals surface area contributed by atoms with Gasteiger partial charge in [-0.15, -0.1) is 0 Å². The molecule has 4 nitrogen and oxygen atoms in total. The predicted molar refractivity (Wildman–Crippen MR) is 98.7 cm³/mol. The van der Waals surface area contributed by atoms with Crippen molar-refractivity contribution in [2.24, 2.45) is 0 Å². The van der Waals surface area contributed by atoms with Crippen molar-refractivity contribution in [1.82, 2.24) is 0 Å². The number of amides is 1. The van der Waals surface area contributed by atoms with E-state index in [1.165, 1.54) is 18.2 Å². The van der Waals surface area contributed by atoms with Gasteiger partial charge in [0.25, 0.3) is 0 Å². The van der Waals surface area contributed by atoms with Crippen LogP contribution in [0.25, 0.3) is 6.08 Å². The molecule has 0 atom stereocenters. The standard InChI is InChI=1S/C17H14Cl3NO3/c1-23-14-5-3-10(7-15(14)24-2)4-6-16(22)21-17-12(19)8-11(18)9-13(17)20/h3-9H,1-2H3,(H,21,22)/b6-4+. The molecule has 0 aliphatic rings. The molecule has 0 fully saturated rings. The number of nitrogens with one attached hydrogen (secondary N) is 1. The number of benzene rings is 2. The van der Waals surface area contributed by atoms with Crippen molar-refractivity contribution in [1.29, 1.82) is 0 Å². The Morgan fingerprint density at radius 3 is 2.21 bits per heavy atom. The van der Waals surface area contributed by atoms with Crippen molar-refractivity contribution >= 4 is 52.5 Å².